The molecule has 0 bridgehead atoms. The first-order chi connectivity index (χ1) is 15.3. The second-order valence-corrected chi connectivity index (χ2v) is 7.82. The van der Waals surface area contributed by atoms with Crippen LogP contribution in [0.4, 0.5) is 5.69 Å². The summed E-state index contributed by atoms with van der Waals surface area (Å²) in [4.78, 5) is 24.1. The molecule has 0 unspecified atom stereocenters. The quantitative estimate of drug-likeness (QED) is 0.292. The van der Waals surface area contributed by atoms with Gasteiger partial charge in [-0.3, -0.25) is 9.59 Å². The van der Waals surface area contributed by atoms with Crippen LogP contribution in [0.2, 0.25) is 10.0 Å². The number of ether oxygens (including phenoxy) is 1. The first-order valence-electron chi connectivity index (χ1n) is 9.71. The zero-order valence-electron chi connectivity index (χ0n) is 17.5. The second kappa shape index (κ2) is 10.8. The van der Waals surface area contributed by atoms with Crippen LogP contribution in [-0.2, 0) is 16.2 Å². The van der Waals surface area contributed by atoms with Gasteiger partial charge in [0.2, 0.25) is 0 Å². The van der Waals surface area contributed by atoms with E-state index < -0.39 is 11.8 Å². The Morgan fingerprint density at radius 2 is 1.75 bits per heavy atom. The lowest BCUT2D eigenvalue weighted by molar-refractivity contribution is -0.136. The molecule has 0 aliphatic rings. The molecule has 0 radical (unpaired) electrons. The van der Waals surface area contributed by atoms with Crippen molar-refractivity contribution in [3.8, 4) is 5.75 Å². The molecule has 2 N–H and O–H groups in total. The zero-order valence-corrected chi connectivity index (χ0v) is 19.0. The topological polar surface area (TPSA) is 79.8 Å². The molecule has 0 saturated heterocycles. The number of hydrogen-bond donors (Lipinski definition) is 2. The smallest absolute Gasteiger partial charge is 0.329 e. The minimum Gasteiger partial charge on any atom is -0.489 e. The molecule has 3 rings (SSSR count). The molecule has 32 heavy (non-hydrogen) atoms. The SMILES string of the molecule is Cc1cccc(NC(=O)C(=O)N/N=C\c2cccc(OCc3ccc(Cl)c(Cl)c3)c2)c1C. The molecular weight excluding hydrogens is 449 g/mol. The minimum atomic E-state index is -0.867. The second-order valence-electron chi connectivity index (χ2n) is 7.01. The molecule has 164 valence electrons. The standard InChI is InChI=1S/C24H21Cl2N3O3/c1-15-5-3-8-22(16(15)2)28-23(30)24(31)29-27-13-17-6-4-7-19(11-17)32-14-18-9-10-20(25)21(26)12-18/h3-13H,14H2,1-2H3,(H,28,30)(H,29,31)/b27-13-. The van der Waals surface area contributed by atoms with Gasteiger partial charge in [0.1, 0.15) is 12.4 Å². The first-order valence-corrected chi connectivity index (χ1v) is 10.5. The van der Waals surface area contributed by atoms with Gasteiger partial charge in [-0.15, -0.1) is 0 Å². The summed E-state index contributed by atoms with van der Waals surface area (Å²) in [5, 5.41) is 7.39. The largest absolute Gasteiger partial charge is 0.489 e. The number of halogens is 2. The summed E-state index contributed by atoms with van der Waals surface area (Å²) in [5.41, 5.74) is 6.29. The van der Waals surface area contributed by atoms with E-state index in [2.05, 4.69) is 15.8 Å². The van der Waals surface area contributed by atoms with E-state index >= 15 is 0 Å². The molecule has 0 spiro atoms. The average molecular weight is 470 g/mol. The fourth-order valence-corrected chi connectivity index (χ4v) is 3.08. The van der Waals surface area contributed by atoms with Gasteiger partial charge in [0, 0.05) is 5.69 Å². The lowest BCUT2D eigenvalue weighted by Crippen LogP contribution is -2.32. The Morgan fingerprint density at radius 1 is 0.969 bits per heavy atom. The van der Waals surface area contributed by atoms with Crippen molar-refractivity contribution in [2.75, 3.05) is 5.32 Å². The van der Waals surface area contributed by atoms with Gasteiger partial charge in [-0.05, 0) is 66.4 Å². The molecule has 0 fully saturated rings. The van der Waals surface area contributed by atoms with E-state index in [1.54, 1.807) is 42.5 Å². The molecule has 0 atom stereocenters. The number of benzene rings is 3. The predicted octanol–water partition coefficient (Wildman–Crippen LogP) is 5.28. The highest BCUT2D eigenvalue weighted by Crippen LogP contribution is 2.23. The molecule has 3 aromatic rings. The Hall–Kier alpha value is -3.35. The molecule has 0 aliphatic carbocycles. The molecule has 3 aromatic carbocycles. The summed E-state index contributed by atoms with van der Waals surface area (Å²) in [6.07, 6.45) is 1.43. The number of nitrogens with zero attached hydrogens (tertiary/aromatic N) is 1. The third-order valence-electron chi connectivity index (χ3n) is 4.69. The van der Waals surface area contributed by atoms with E-state index in [0.29, 0.717) is 33.7 Å². The highest BCUT2D eigenvalue weighted by molar-refractivity contribution is 6.42. The van der Waals surface area contributed by atoms with E-state index in [4.69, 9.17) is 27.9 Å². The van der Waals surface area contributed by atoms with Crippen molar-refractivity contribution in [3.05, 3.63) is 93.0 Å². The molecule has 6 nitrogen and oxygen atoms in total. The summed E-state index contributed by atoms with van der Waals surface area (Å²) in [5.74, 6) is -1.05. The van der Waals surface area contributed by atoms with Crippen molar-refractivity contribution in [2.24, 2.45) is 5.10 Å². The van der Waals surface area contributed by atoms with Gasteiger partial charge in [-0.25, -0.2) is 5.43 Å². The third kappa shape index (κ3) is 6.33. The summed E-state index contributed by atoms with van der Waals surface area (Å²) < 4.78 is 5.77. The van der Waals surface area contributed by atoms with E-state index in [-0.39, 0.29) is 0 Å². The predicted molar refractivity (Wildman–Crippen MR) is 128 cm³/mol. The summed E-state index contributed by atoms with van der Waals surface area (Å²) >= 11 is 11.9. The van der Waals surface area contributed by atoms with Crippen LogP contribution in [-0.4, -0.2) is 18.0 Å². The Morgan fingerprint density at radius 3 is 2.53 bits per heavy atom. The Bertz CT molecular complexity index is 1180. The van der Waals surface area contributed by atoms with Crippen LogP contribution in [0.1, 0.15) is 22.3 Å². The Kier molecular flexibility index (Phi) is 7.87. The zero-order chi connectivity index (χ0) is 23.1. The summed E-state index contributed by atoms with van der Waals surface area (Å²) in [6.45, 7) is 4.11. The van der Waals surface area contributed by atoms with Gasteiger partial charge in [-0.2, -0.15) is 5.10 Å². The van der Waals surface area contributed by atoms with Crippen molar-refractivity contribution in [3.63, 3.8) is 0 Å². The number of amides is 2. The summed E-state index contributed by atoms with van der Waals surface area (Å²) in [7, 11) is 0. The van der Waals surface area contributed by atoms with E-state index in [1.807, 2.05) is 32.0 Å². The van der Waals surface area contributed by atoms with Crippen molar-refractivity contribution < 1.29 is 14.3 Å². The molecule has 0 aliphatic heterocycles. The Labute approximate surface area is 196 Å². The van der Waals surface area contributed by atoms with Gasteiger partial charge >= 0.3 is 11.8 Å². The highest BCUT2D eigenvalue weighted by atomic mass is 35.5. The van der Waals surface area contributed by atoms with Gasteiger partial charge in [0.05, 0.1) is 16.3 Å². The average Bonchev–Trinajstić information content (AvgIpc) is 2.78. The van der Waals surface area contributed by atoms with Crippen molar-refractivity contribution in [1.82, 2.24) is 5.43 Å². The lowest BCUT2D eigenvalue weighted by atomic mass is 10.1. The number of rotatable bonds is 6. The van der Waals surface area contributed by atoms with Gasteiger partial charge < -0.3 is 10.1 Å². The number of aryl methyl sites for hydroxylation is 1. The van der Waals surface area contributed by atoms with E-state index in [9.17, 15) is 9.59 Å². The highest BCUT2D eigenvalue weighted by Gasteiger charge is 2.14. The van der Waals surface area contributed by atoms with Crippen LogP contribution in [0.15, 0.2) is 65.8 Å². The van der Waals surface area contributed by atoms with Crippen molar-refractivity contribution in [1.29, 1.82) is 0 Å². The lowest BCUT2D eigenvalue weighted by Gasteiger charge is -2.09. The van der Waals surface area contributed by atoms with Crippen LogP contribution in [0.25, 0.3) is 0 Å². The van der Waals surface area contributed by atoms with Gasteiger partial charge in [0.25, 0.3) is 0 Å². The molecule has 0 saturated carbocycles. The fourth-order valence-electron chi connectivity index (χ4n) is 2.76. The molecule has 0 aromatic heterocycles. The number of hydrazone groups is 1. The minimum absolute atomic E-state index is 0.312. The number of anilines is 1. The van der Waals surface area contributed by atoms with E-state index in [1.165, 1.54) is 6.21 Å². The summed E-state index contributed by atoms with van der Waals surface area (Å²) in [6, 6.07) is 17.9. The van der Waals surface area contributed by atoms with Crippen molar-refractivity contribution >= 4 is 46.9 Å². The first kappa shape index (κ1) is 23.3. The van der Waals surface area contributed by atoms with Gasteiger partial charge in [0.15, 0.2) is 0 Å². The molecule has 2 amide bonds. The van der Waals surface area contributed by atoms with Crippen LogP contribution in [0.5, 0.6) is 5.75 Å². The maximum Gasteiger partial charge on any atom is 0.329 e. The van der Waals surface area contributed by atoms with E-state index in [0.717, 1.165) is 16.7 Å². The fraction of sp³-hybridized carbons (Fsp3) is 0.125. The third-order valence-corrected chi connectivity index (χ3v) is 5.43. The van der Waals surface area contributed by atoms with Crippen LogP contribution in [0, 0.1) is 13.8 Å². The molecule has 0 heterocycles. The molecule has 8 heteroatoms. The number of carbonyl (C=O) groups excluding carboxylic acids is 2. The van der Waals surface area contributed by atoms with Crippen LogP contribution in [0.3, 0.4) is 0 Å². The maximum atomic E-state index is 12.1. The van der Waals surface area contributed by atoms with Crippen LogP contribution >= 0.6 is 23.2 Å². The molecular formula is C24H21Cl2N3O3. The van der Waals surface area contributed by atoms with Crippen LogP contribution < -0.4 is 15.5 Å². The van der Waals surface area contributed by atoms with Gasteiger partial charge in [-0.1, -0.05) is 53.5 Å². The Balaban J connectivity index is 1.54. The number of nitrogens with one attached hydrogen (secondary N) is 2. The monoisotopic (exact) mass is 469 g/mol. The maximum absolute atomic E-state index is 12.1. The number of hydrogen-bond acceptors (Lipinski definition) is 4. The van der Waals surface area contributed by atoms with Crippen molar-refractivity contribution in [2.45, 2.75) is 20.5 Å². The number of carbonyl (C=O) groups is 2. The normalized spacial score (nSPS) is 10.8.